The van der Waals surface area contributed by atoms with Crippen LogP contribution in [0.15, 0.2) is 42.7 Å². The highest BCUT2D eigenvalue weighted by Gasteiger charge is 2.20. The molecule has 1 aliphatic rings. The van der Waals surface area contributed by atoms with Crippen molar-refractivity contribution in [3.63, 3.8) is 0 Å². The van der Waals surface area contributed by atoms with Crippen LogP contribution in [0.1, 0.15) is 11.1 Å². The Kier molecular flexibility index (Phi) is 7.94. The van der Waals surface area contributed by atoms with Crippen molar-refractivity contribution in [2.45, 2.75) is 13.2 Å². The Bertz CT molecular complexity index is 1090. The second-order valence-electron chi connectivity index (χ2n) is 8.32. The van der Waals surface area contributed by atoms with Crippen LogP contribution in [0.25, 0.3) is 0 Å². The molecule has 2 aromatic carbocycles. The van der Waals surface area contributed by atoms with Gasteiger partial charge in [0.2, 0.25) is 5.95 Å². The molecule has 0 bridgehead atoms. The molecule has 35 heavy (non-hydrogen) atoms. The molecule has 1 saturated heterocycles. The third-order valence-corrected chi connectivity index (χ3v) is 5.89. The number of anilines is 2. The van der Waals surface area contributed by atoms with Crippen LogP contribution in [0.3, 0.4) is 0 Å². The number of methoxy groups -OCH3 is 2. The highest BCUT2D eigenvalue weighted by atomic mass is 19.1. The summed E-state index contributed by atoms with van der Waals surface area (Å²) in [5.74, 6) is -1.32. The number of nitrogens with zero attached hydrogens (tertiary/aromatic N) is 4. The van der Waals surface area contributed by atoms with Crippen LogP contribution in [-0.2, 0) is 13.2 Å². The minimum absolute atomic E-state index is 0.132. The van der Waals surface area contributed by atoms with E-state index in [1.807, 2.05) is 12.1 Å². The molecule has 186 valence electrons. The lowest BCUT2D eigenvalue weighted by Gasteiger charge is -2.32. The van der Waals surface area contributed by atoms with E-state index in [0.29, 0.717) is 5.95 Å². The van der Waals surface area contributed by atoms with Gasteiger partial charge in [-0.3, -0.25) is 4.90 Å². The molecular weight excluding hydrogens is 456 g/mol. The van der Waals surface area contributed by atoms with E-state index in [9.17, 15) is 8.78 Å². The van der Waals surface area contributed by atoms with Gasteiger partial charge in [-0.15, -0.1) is 0 Å². The maximum Gasteiger partial charge on any atom is 0.227 e. The number of aromatic nitrogens is 2. The van der Waals surface area contributed by atoms with Crippen LogP contribution in [0.2, 0.25) is 0 Å². The van der Waals surface area contributed by atoms with E-state index in [-0.39, 0.29) is 29.4 Å². The zero-order valence-corrected chi connectivity index (χ0v) is 20.1. The summed E-state index contributed by atoms with van der Waals surface area (Å²) in [4.78, 5) is 13.2. The zero-order chi connectivity index (χ0) is 24.8. The van der Waals surface area contributed by atoms with Crippen LogP contribution >= 0.6 is 0 Å². The number of piperazine rings is 1. The van der Waals surface area contributed by atoms with Gasteiger partial charge in [0.1, 0.15) is 6.61 Å². The summed E-state index contributed by atoms with van der Waals surface area (Å²) in [5, 5.41) is 3.14. The summed E-state index contributed by atoms with van der Waals surface area (Å²) in [6.07, 6.45) is 2.87. The first-order chi connectivity index (χ1) is 17.0. The minimum Gasteiger partial charge on any atom is -0.494 e. The third kappa shape index (κ3) is 6.14. The van der Waals surface area contributed by atoms with Gasteiger partial charge in [-0.25, -0.2) is 18.7 Å². The molecule has 1 aliphatic heterocycles. The maximum atomic E-state index is 14.5. The topological polar surface area (TPSA) is 72.0 Å². The summed E-state index contributed by atoms with van der Waals surface area (Å²) in [7, 11) is 4.73. The zero-order valence-electron chi connectivity index (χ0n) is 20.1. The number of likely N-dealkylation sites (N-methyl/N-ethyl adjacent to an activating group) is 1. The molecule has 3 aromatic rings. The molecule has 1 N–H and O–H groups in total. The molecule has 0 amide bonds. The highest BCUT2D eigenvalue weighted by Crippen LogP contribution is 2.32. The predicted molar refractivity (Wildman–Crippen MR) is 128 cm³/mol. The largest absolute Gasteiger partial charge is 0.494 e. The van der Waals surface area contributed by atoms with Crippen LogP contribution in [-0.4, -0.2) is 67.2 Å². The van der Waals surface area contributed by atoms with Crippen molar-refractivity contribution >= 4 is 11.6 Å². The Morgan fingerprint density at radius 3 is 2.09 bits per heavy atom. The number of hydrogen-bond donors (Lipinski definition) is 1. The molecule has 0 saturated carbocycles. The summed E-state index contributed by atoms with van der Waals surface area (Å²) in [6, 6.07) is 9.30. The monoisotopic (exact) mass is 485 g/mol. The van der Waals surface area contributed by atoms with Gasteiger partial charge in [-0.2, -0.15) is 0 Å². The van der Waals surface area contributed by atoms with E-state index in [1.165, 1.54) is 32.2 Å². The van der Waals surface area contributed by atoms with E-state index in [1.54, 1.807) is 0 Å². The van der Waals surface area contributed by atoms with Crippen LogP contribution in [0, 0.1) is 11.6 Å². The van der Waals surface area contributed by atoms with Crippen molar-refractivity contribution in [1.29, 1.82) is 0 Å². The summed E-state index contributed by atoms with van der Waals surface area (Å²) < 4.78 is 44.4. The number of rotatable bonds is 9. The quantitative estimate of drug-likeness (QED) is 0.490. The fourth-order valence-corrected chi connectivity index (χ4v) is 3.76. The standard InChI is InChI=1S/C25H29F2N5O3/c1-31-8-10-32(11-9-31)15-17-4-6-18(7-5-17)30-25-28-13-19(14-29-25)35-16-20-23(26)21(33-2)12-22(34-3)24(20)27/h4-7,12-14H,8-11,15-16H2,1-3H3,(H,28,29,30). The van der Waals surface area contributed by atoms with Crippen molar-refractivity contribution in [1.82, 2.24) is 19.8 Å². The lowest BCUT2D eigenvalue weighted by Crippen LogP contribution is -2.43. The molecule has 0 aliphatic carbocycles. The lowest BCUT2D eigenvalue weighted by molar-refractivity contribution is 0.148. The first-order valence-electron chi connectivity index (χ1n) is 11.3. The van der Waals surface area contributed by atoms with Gasteiger partial charge in [-0.1, -0.05) is 12.1 Å². The molecule has 0 atom stereocenters. The molecule has 0 radical (unpaired) electrons. The first-order valence-corrected chi connectivity index (χ1v) is 11.3. The van der Waals surface area contributed by atoms with E-state index < -0.39 is 11.6 Å². The first kappa shape index (κ1) is 24.6. The predicted octanol–water partition coefficient (Wildman–Crippen LogP) is 3.84. The van der Waals surface area contributed by atoms with Gasteiger partial charge >= 0.3 is 0 Å². The third-order valence-electron chi connectivity index (χ3n) is 5.89. The van der Waals surface area contributed by atoms with Gasteiger partial charge in [0, 0.05) is 44.5 Å². The van der Waals surface area contributed by atoms with E-state index >= 15 is 0 Å². The highest BCUT2D eigenvalue weighted by molar-refractivity contribution is 5.53. The van der Waals surface area contributed by atoms with E-state index in [4.69, 9.17) is 14.2 Å². The van der Waals surface area contributed by atoms with Crippen LogP contribution in [0.4, 0.5) is 20.4 Å². The Labute approximate surface area is 203 Å². The second-order valence-corrected chi connectivity index (χ2v) is 8.32. The Balaban J connectivity index is 1.33. The second kappa shape index (κ2) is 11.3. The minimum atomic E-state index is -0.846. The fraction of sp³-hybridized carbons (Fsp3) is 0.360. The Morgan fingerprint density at radius 1 is 0.914 bits per heavy atom. The van der Waals surface area contributed by atoms with Gasteiger partial charge in [0.15, 0.2) is 28.9 Å². The van der Waals surface area contributed by atoms with Crippen LogP contribution < -0.4 is 19.5 Å². The number of hydrogen-bond acceptors (Lipinski definition) is 8. The summed E-state index contributed by atoms with van der Waals surface area (Å²) >= 11 is 0. The Morgan fingerprint density at radius 2 is 1.51 bits per heavy atom. The number of nitrogens with one attached hydrogen (secondary N) is 1. The summed E-state index contributed by atoms with van der Waals surface area (Å²) in [5.41, 5.74) is 1.80. The Hall–Kier alpha value is -3.50. The van der Waals surface area contributed by atoms with E-state index in [0.717, 1.165) is 44.5 Å². The smallest absolute Gasteiger partial charge is 0.227 e. The molecule has 4 rings (SSSR count). The average Bonchev–Trinajstić information content (AvgIpc) is 2.88. The van der Waals surface area contributed by atoms with Gasteiger partial charge in [0.05, 0.1) is 32.2 Å². The molecular formula is C25H29F2N5O3. The van der Waals surface area contributed by atoms with E-state index in [2.05, 4.69) is 44.3 Å². The van der Waals surface area contributed by atoms with Gasteiger partial charge < -0.3 is 24.4 Å². The van der Waals surface area contributed by atoms with Crippen LogP contribution in [0.5, 0.6) is 17.2 Å². The SMILES string of the molecule is COc1cc(OC)c(F)c(COc2cnc(Nc3ccc(CN4CCN(C)CC4)cc3)nc2)c1F. The molecule has 10 heteroatoms. The average molecular weight is 486 g/mol. The number of halogens is 2. The normalized spacial score (nSPS) is 14.5. The molecule has 0 unspecified atom stereocenters. The van der Waals surface area contributed by atoms with Crippen molar-refractivity contribution < 1.29 is 23.0 Å². The molecule has 2 heterocycles. The van der Waals surface area contributed by atoms with Gasteiger partial charge in [0.25, 0.3) is 0 Å². The van der Waals surface area contributed by atoms with Crippen molar-refractivity contribution in [2.75, 3.05) is 52.8 Å². The van der Waals surface area contributed by atoms with Crippen molar-refractivity contribution in [2.24, 2.45) is 0 Å². The number of benzene rings is 2. The van der Waals surface area contributed by atoms with Gasteiger partial charge in [-0.05, 0) is 24.7 Å². The van der Waals surface area contributed by atoms with Crippen molar-refractivity contribution in [3.05, 3.63) is 65.5 Å². The molecule has 1 aromatic heterocycles. The molecule has 8 nitrogen and oxygen atoms in total. The lowest BCUT2D eigenvalue weighted by atomic mass is 10.1. The maximum absolute atomic E-state index is 14.5. The van der Waals surface area contributed by atoms with Crippen molar-refractivity contribution in [3.8, 4) is 17.2 Å². The molecule has 0 spiro atoms. The fourth-order valence-electron chi connectivity index (χ4n) is 3.76. The number of ether oxygens (including phenoxy) is 3. The summed E-state index contributed by atoms with van der Waals surface area (Å²) in [6.45, 7) is 4.88. The molecule has 1 fully saturated rings.